The number of hydrogen-bond acceptors (Lipinski definition) is 8. The molecule has 0 fully saturated rings. The maximum atomic E-state index is 12.8. The van der Waals surface area contributed by atoms with Crippen molar-refractivity contribution in [2.75, 3.05) is 16.9 Å². The van der Waals surface area contributed by atoms with Crippen LogP contribution in [0.5, 0.6) is 0 Å². The molecule has 0 bridgehead atoms. The summed E-state index contributed by atoms with van der Waals surface area (Å²) < 4.78 is 1.35. The van der Waals surface area contributed by atoms with E-state index >= 15 is 0 Å². The highest BCUT2D eigenvalue weighted by molar-refractivity contribution is 7.99. The van der Waals surface area contributed by atoms with Crippen molar-refractivity contribution >= 4 is 46.3 Å². The van der Waals surface area contributed by atoms with Crippen molar-refractivity contribution in [1.82, 2.24) is 14.9 Å². The van der Waals surface area contributed by atoms with E-state index in [0.717, 1.165) is 16.6 Å². The molecule has 0 radical (unpaired) electrons. The van der Waals surface area contributed by atoms with E-state index in [9.17, 15) is 14.4 Å². The first-order valence-corrected chi connectivity index (χ1v) is 11.4. The summed E-state index contributed by atoms with van der Waals surface area (Å²) in [5.41, 5.74) is 1.81. The fourth-order valence-corrected chi connectivity index (χ4v) is 4.82. The van der Waals surface area contributed by atoms with Crippen LogP contribution in [-0.4, -0.2) is 38.1 Å². The van der Waals surface area contributed by atoms with E-state index in [1.165, 1.54) is 22.1 Å². The summed E-state index contributed by atoms with van der Waals surface area (Å²) in [6.07, 6.45) is 0. The summed E-state index contributed by atoms with van der Waals surface area (Å²) >= 11 is 2.64. The molecule has 2 aromatic carbocycles. The molecule has 32 heavy (non-hydrogen) atoms. The Morgan fingerprint density at radius 1 is 0.969 bits per heavy atom. The Balaban J connectivity index is 1.29. The molecule has 2 heterocycles. The third-order valence-electron chi connectivity index (χ3n) is 4.95. The van der Waals surface area contributed by atoms with Crippen molar-refractivity contribution < 1.29 is 14.4 Å². The fourth-order valence-electron chi connectivity index (χ4n) is 3.45. The SMILES string of the molecule is Nn1c(SCC(=O)Nc2ccc3c(c2)C(=O)c2ccccc2C3=O)nnc1-c1cccs1. The second-order valence-electron chi connectivity index (χ2n) is 6.95. The summed E-state index contributed by atoms with van der Waals surface area (Å²) in [6.45, 7) is 0. The number of nitrogens with one attached hydrogen (secondary N) is 1. The van der Waals surface area contributed by atoms with Gasteiger partial charge in [0.15, 0.2) is 17.4 Å². The zero-order valence-corrected chi connectivity index (χ0v) is 18.1. The Hall–Kier alpha value is -3.76. The van der Waals surface area contributed by atoms with E-state index in [4.69, 9.17) is 5.84 Å². The van der Waals surface area contributed by atoms with Gasteiger partial charge in [-0.1, -0.05) is 42.1 Å². The lowest BCUT2D eigenvalue weighted by molar-refractivity contribution is -0.113. The monoisotopic (exact) mass is 461 g/mol. The summed E-state index contributed by atoms with van der Waals surface area (Å²) in [6, 6.07) is 15.2. The van der Waals surface area contributed by atoms with E-state index in [1.807, 2.05) is 17.5 Å². The lowest BCUT2D eigenvalue weighted by Crippen LogP contribution is -2.22. The quantitative estimate of drug-likeness (QED) is 0.305. The van der Waals surface area contributed by atoms with Crippen molar-refractivity contribution in [2.24, 2.45) is 0 Å². The number of aromatic nitrogens is 3. The number of benzene rings is 2. The van der Waals surface area contributed by atoms with Gasteiger partial charge in [-0.05, 0) is 29.6 Å². The number of nitrogens with two attached hydrogens (primary N) is 1. The van der Waals surface area contributed by atoms with Gasteiger partial charge in [-0.2, -0.15) is 0 Å². The molecule has 3 N–H and O–H groups in total. The molecule has 158 valence electrons. The van der Waals surface area contributed by atoms with Crippen LogP contribution in [0.25, 0.3) is 10.7 Å². The lowest BCUT2D eigenvalue weighted by atomic mass is 9.84. The summed E-state index contributed by atoms with van der Waals surface area (Å²) in [5, 5.41) is 13.2. The number of anilines is 1. The normalized spacial score (nSPS) is 12.4. The number of thiophene rings is 1. The third kappa shape index (κ3) is 3.49. The molecule has 8 nitrogen and oxygen atoms in total. The zero-order chi connectivity index (χ0) is 22.2. The maximum absolute atomic E-state index is 12.8. The van der Waals surface area contributed by atoms with E-state index < -0.39 is 0 Å². The van der Waals surface area contributed by atoms with Crippen LogP contribution in [0.2, 0.25) is 0 Å². The molecule has 1 aliphatic carbocycles. The highest BCUT2D eigenvalue weighted by Gasteiger charge is 2.29. The van der Waals surface area contributed by atoms with Crippen molar-refractivity contribution in [3.05, 3.63) is 82.2 Å². The molecule has 1 amide bonds. The van der Waals surface area contributed by atoms with Gasteiger partial charge >= 0.3 is 0 Å². The Kier molecular flexibility index (Phi) is 5.08. The van der Waals surface area contributed by atoms with E-state index in [0.29, 0.717) is 33.4 Å². The molecule has 4 aromatic rings. The first-order chi connectivity index (χ1) is 15.5. The highest BCUT2D eigenvalue weighted by Crippen LogP contribution is 2.29. The van der Waals surface area contributed by atoms with Gasteiger partial charge in [-0.15, -0.1) is 21.5 Å². The van der Waals surface area contributed by atoms with E-state index in [2.05, 4.69) is 15.5 Å². The number of amides is 1. The van der Waals surface area contributed by atoms with Gasteiger partial charge in [0.25, 0.3) is 0 Å². The molecule has 0 aliphatic heterocycles. The summed E-state index contributed by atoms with van der Waals surface area (Å²) in [5.74, 6) is 5.89. The van der Waals surface area contributed by atoms with Crippen LogP contribution < -0.4 is 11.2 Å². The van der Waals surface area contributed by atoms with Gasteiger partial charge in [0.1, 0.15) is 0 Å². The van der Waals surface area contributed by atoms with Gasteiger partial charge < -0.3 is 11.2 Å². The Labute approximate surface area is 190 Å². The number of carbonyl (C=O) groups is 3. The molecule has 0 atom stereocenters. The molecule has 0 saturated carbocycles. The van der Waals surface area contributed by atoms with Gasteiger partial charge in [-0.3, -0.25) is 14.4 Å². The summed E-state index contributed by atoms with van der Waals surface area (Å²) in [4.78, 5) is 38.9. The molecule has 10 heteroatoms. The Morgan fingerprint density at radius 3 is 2.41 bits per heavy atom. The average molecular weight is 462 g/mol. The second-order valence-corrected chi connectivity index (χ2v) is 8.84. The van der Waals surface area contributed by atoms with Crippen molar-refractivity contribution in [2.45, 2.75) is 5.16 Å². The van der Waals surface area contributed by atoms with Crippen LogP contribution in [0.4, 0.5) is 5.69 Å². The van der Waals surface area contributed by atoms with Crippen LogP contribution in [0, 0.1) is 0 Å². The van der Waals surface area contributed by atoms with Crippen molar-refractivity contribution in [3.63, 3.8) is 0 Å². The Morgan fingerprint density at radius 2 is 1.69 bits per heavy atom. The number of nitrogens with zero attached hydrogens (tertiary/aromatic N) is 3. The largest absolute Gasteiger partial charge is 0.335 e. The molecule has 0 unspecified atom stereocenters. The minimum atomic E-state index is -0.300. The summed E-state index contributed by atoms with van der Waals surface area (Å²) in [7, 11) is 0. The number of fused-ring (bicyclic) bond motifs is 2. The van der Waals surface area contributed by atoms with Crippen LogP contribution in [0.15, 0.2) is 65.1 Å². The van der Waals surface area contributed by atoms with E-state index in [1.54, 1.807) is 36.4 Å². The second kappa shape index (κ2) is 8.06. The predicted molar refractivity (Wildman–Crippen MR) is 123 cm³/mol. The van der Waals surface area contributed by atoms with E-state index in [-0.39, 0.29) is 28.8 Å². The number of hydrogen-bond donors (Lipinski definition) is 2. The molecule has 2 aromatic heterocycles. The predicted octanol–water partition coefficient (Wildman–Crippen LogP) is 3.23. The standard InChI is InChI=1S/C22H15N5O3S2/c23-27-21(17-6-3-9-31-17)25-26-22(27)32-11-18(28)24-12-7-8-15-16(10-12)20(30)14-5-2-1-4-13(14)19(15)29/h1-10H,11,23H2,(H,24,28). The zero-order valence-electron chi connectivity index (χ0n) is 16.4. The van der Waals surface area contributed by atoms with Gasteiger partial charge in [0.2, 0.25) is 11.1 Å². The highest BCUT2D eigenvalue weighted by atomic mass is 32.2. The fraction of sp³-hybridized carbons (Fsp3) is 0.0455. The van der Waals surface area contributed by atoms with Crippen LogP contribution in [-0.2, 0) is 4.79 Å². The van der Waals surface area contributed by atoms with Crippen molar-refractivity contribution in [1.29, 1.82) is 0 Å². The third-order valence-corrected chi connectivity index (χ3v) is 6.76. The average Bonchev–Trinajstić information content (AvgIpc) is 3.46. The maximum Gasteiger partial charge on any atom is 0.234 e. The molecular weight excluding hydrogens is 446 g/mol. The van der Waals surface area contributed by atoms with Crippen LogP contribution in [0.3, 0.4) is 0 Å². The topological polar surface area (TPSA) is 120 Å². The van der Waals surface area contributed by atoms with Gasteiger partial charge in [-0.25, -0.2) is 4.68 Å². The Bertz CT molecular complexity index is 1380. The molecular formula is C22H15N5O3S2. The number of rotatable bonds is 5. The number of nitrogen functional groups attached to an aromatic ring is 1. The van der Waals surface area contributed by atoms with Gasteiger partial charge in [0, 0.05) is 27.9 Å². The van der Waals surface area contributed by atoms with Crippen LogP contribution >= 0.6 is 23.1 Å². The molecule has 0 spiro atoms. The number of carbonyl (C=O) groups excluding carboxylic acids is 3. The first-order valence-electron chi connectivity index (χ1n) is 9.52. The minimum Gasteiger partial charge on any atom is -0.335 e. The number of ketones is 2. The molecule has 5 rings (SSSR count). The number of thioether (sulfide) groups is 1. The van der Waals surface area contributed by atoms with Crippen LogP contribution in [0.1, 0.15) is 31.8 Å². The first kappa shape index (κ1) is 20.2. The van der Waals surface area contributed by atoms with Crippen molar-refractivity contribution in [3.8, 4) is 10.7 Å². The smallest absolute Gasteiger partial charge is 0.234 e. The molecule has 0 saturated heterocycles. The lowest BCUT2D eigenvalue weighted by Gasteiger charge is -2.18. The minimum absolute atomic E-state index is 0.0482. The van der Waals surface area contributed by atoms with Gasteiger partial charge in [0.05, 0.1) is 10.6 Å². The molecule has 1 aliphatic rings.